The lowest BCUT2D eigenvalue weighted by atomic mass is 9.77. The molecule has 20 heavy (non-hydrogen) atoms. The number of hydrogen-bond donors (Lipinski definition) is 1. The number of hydrogen-bond acceptors (Lipinski definition) is 2. The molecule has 0 bridgehead atoms. The van der Waals surface area contributed by atoms with E-state index in [1.54, 1.807) is 0 Å². The fourth-order valence-corrected chi connectivity index (χ4v) is 2.35. The summed E-state index contributed by atoms with van der Waals surface area (Å²) >= 11 is 0. The van der Waals surface area contributed by atoms with Crippen LogP contribution in [0.2, 0.25) is 0 Å². The van der Waals surface area contributed by atoms with E-state index in [0.29, 0.717) is 11.7 Å². The first-order valence-electron chi connectivity index (χ1n) is 7.89. The third kappa shape index (κ3) is 4.36. The van der Waals surface area contributed by atoms with Crippen LogP contribution >= 0.6 is 0 Å². The summed E-state index contributed by atoms with van der Waals surface area (Å²) < 4.78 is 0. The molecule has 0 spiro atoms. The van der Waals surface area contributed by atoms with Crippen molar-refractivity contribution in [2.45, 2.75) is 59.8 Å². The van der Waals surface area contributed by atoms with Gasteiger partial charge in [0, 0.05) is 17.2 Å². The predicted octanol–water partition coefficient (Wildman–Crippen LogP) is 4.53. The van der Waals surface area contributed by atoms with E-state index in [1.807, 2.05) is 18.2 Å². The van der Waals surface area contributed by atoms with Crippen LogP contribution in [0, 0.1) is 11.8 Å². The zero-order chi connectivity index (χ0) is 15.1. The molecule has 112 valence electrons. The average Bonchev–Trinajstić information content (AvgIpc) is 2.36. The molecule has 1 saturated carbocycles. The number of carbonyl (C=O) groups is 1. The molecule has 0 aliphatic heterocycles. The highest BCUT2D eigenvalue weighted by atomic mass is 16.1. The van der Waals surface area contributed by atoms with E-state index in [-0.39, 0.29) is 5.92 Å². The fourth-order valence-electron chi connectivity index (χ4n) is 2.35. The maximum Gasteiger partial charge on any atom is 0.165 e. The van der Waals surface area contributed by atoms with Crippen molar-refractivity contribution in [3.8, 4) is 0 Å². The Morgan fingerprint density at radius 3 is 2.40 bits per heavy atom. The molecule has 2 nitrogen and oxygen atoms in total. The van der Waals surface area contributed by atoms with Crippen LogP contribution in [-0.2, 0) is 4.79 Å². The highest BCUT2D eigenvalue weighted by molar-refractivity contribution is 6.00. The first-order chi connectivity index (χ1) is 9.51. The molecule has 2 heteroatoms. The summed E-state index contributed by atoms with van der Waals surface area (Å²) in [7, 11) is 0. The largest absolute Gasteiger partial charge is 0.399 e. The van der Waals surface area contributed by atoms with Crippen molar-refractivity contribution < 1.29 is 4.79 Å². The van der Waals surface area contributed by atoms with Gasteiger partial charge in [-0.05, 0) is 50.7 Å². The topological polar surface area (TPSA) is 43.1 Å². The molecule has 0 aromatic rings. The van der Waals surface area contributed by atoms with E-state index < -0.39 is 0 Å². The molecular formula is C18H29NO. The summed E-state index contributed by atoms with van der Waals surface area (Å²) in [6.45, 7) is 8.49. The minimum Gasteiger partial charge on any atom is -0.399 e. The SMILES string of the molecule is CC/C=C(N)/C=C\C(C(=O)C1CCC1)=C(/C)C(C)CC. The maximum atomic E-state index is 12.6. The summed E-state index contributed by atoms with van der Waals surface area (Å²) in [5.41, 5.74) is 8.73. The van der Waals surface area contributed by atoms with Crippen molar-refractivity contribution in [2.24, 2.45) is 17.6 Å². The van der Waals surface area contributed by atoms with Crippen LogP contribution < -0.4 is 5.73 Å². The van der Waals surface area contributed by atoms with Crippen molar-refractivity contribution in [3.05, 3.63) is 35.1 Å². The van der Waals surface area contributed by atoms with Gasteiger partial charge in [-0.25, -0.2) is 0 Å². The van der Waals surface area contributed by atoms with Crippen LogP contribution in [0.5, 0.6) is 0 Å². The average molecular weight is 275 g/mol. The number of Topliss-reactive ketones (excluding diaryl/α,β-unsaturated/α-hetero) is 1. The Balaban J connectivity index is 3.01. The van der Waals surface area contributed by atoms with E-state index >= 15 is 0 Å². The first-order valence-corrected chi connectivity index (χ1v) is 7.89. The normalized spacial score (nSPS) is 19.7. The number of allylic oxidation sites excluding steroid dienone is 5. The van der Waals surface area contributed by atoms with Gasteiger partial charge in [0.05, 0.1) is 0 Å². The molecule has 1 rings (SSSR count). The third-order valence-electron chi connectivity index (χ3n) is 4.40. The van der Waals surface area contributed by atoms with Gasteiger partial charge in [-0.15, -0.1) is 0 Å². The van der Waals surface area contributed by atoms with E-state index in [0.717, 1.165) is 37.0 Å². The Morgan fingerprint density at radius 1 is 1.30 bits per heavy atom. The summed E-state index contributed by atoms with van der Waals surface area (Å²) in [5, 5.41) is 0. The van der Waals surface area contributed by atoms with Gasteiger partial charge in [-0.1, -0.05) is 38.8 Å². The van der Waals surface area contributed by atoms with Crippen molar-refractivity contribution in [2.75, 3.05) is 0 Å². The third-order valence-corrected chi connectivity index (χ3v) is 4.40. The number of rotatable bonds is 7. The van der Waals surface area contributed by atoms with Crippen molar-refractivity contribution in [3.63, 3.8) is 0 Å². The molecular weight excluding hydrogens is 246 g/mol. The minimum atomic E-state index is 0.241. The standard InChI is InChI=1S/C18H29NO/c1-5-8-16(19)11-12-17(14(4)13(3)6-2)18(20)15-9-7-10-15/h8,11-13,15H,5-7,9-10,19H2,1-4H3/b12-11-,16-8-,17-14-. The Morgan fingerprint density at radius 2 is 1.95 bits per heavy atom. The molecule has 0 saturated heterocycles. The summed E-state index contributed by atoms with van der Waals surface area (Å²) in [5.74, 6) is 0.995. The second-order valence-electron chi connectivity index (χ2n) is 5.84. The van der Waals surface area contributed by atoms with Crippen molar-refractivity contribution in [1.82, 2.24) is 0 Å². The van der Waals surface area contributed by atoms with Crippen molar-refractivity contribution >= 4 is 5.78 Å². The fraction of sp³-hybridized carbons (Fsp3) is 0.611. The Bertz CT molecular complexity index is 425. The Labute approximate surface area is 123 Å². The number of ketones is 1. The molecule has 0 aromatic carbocycles. The van der Waals surface area contributed by atoms with Gasteiger partial charge in [0.15, 0.2) is 5.78 Å². The molecule has 0 heterocycles. The second kappa shape index (κ2) is 8.08. The van der Waals surface area contributed by atoms with E-state index in [9.17, 15) is 4.79 Å². The molecule has 0 aromatic heterocycles. The number of carbonyl (C=O) groups excluding carboxylic acids is 1. The molecule has 2 N–H and O–H groups in total. The van der Waals surface area contributed by atoms with Crippen LogP contribution in [0.1, 0.15) is 59.8 Å². The monoisotopic (exact) mass is 275 g/mol. The predicted molar refractivity (Wildman–Crippen MR) is 86.2 cm³/mol. The van der Waals surface area contributed by atoms with Gasteiger partial charge < -0.3 is 5.73 Å². The Hall–Kier alpha value is -1.31. The maximum absolute atomic E-state index is 12.6. The molecule has 1 fully saturated rings. The van der Waals surface area contributed by atoms with Crippen LogP contribution in [0.25, 0.3) is 0 Å². The lowest BCUT2D eigenvalue weighted by Gasteiger charge is -2.26. The lowest BCUT2D eigenvalue weighted by molar-refractivity contribution is -0.121. The summed E-state index contributed by atoms with van der Waals surface area (Å²) in [6.07, 6.45) is 11.0. The molecule has 1 aliphatic carbocycles. The van der Waals surface area contributed by atoms with Gasteiger partial charge in [0.25, 0.3) is 0 Å². The van der Waals surface area contributed by atoms with E-state index in [1.165, 1.54) is 12.0 Å². The van der Waals surface area contributed by atoms with Gasteiger partial charge >= 0.3 is 0 Å². The zero-order valence-electron chi connectivity index (χ0n) is 13.4. The molecule has 0 amide bonds. The van der Waals surface area contributed by atoms with Gasteiger partial charge in [0.2, 0.25) is 0 Å². The van der Waals surface area contributed by atoms with Crippen molar-refractivity contribution in [1.29, 1.82) is 0 Å². The minimum absolute atomic E-state index is 0.241. The molecule has 0 radical (unpaired) electrons. The second-order valence-corrected chi connectivity index (χ2v) is 5.84. The zero-order valence-corrected chi connectivity index (χ0v) is 13.4. The van der Waals surface area contributed by atoms with E-state index in [4.69, 9.17) is 5.73 Å². The molecule has 1 unspecified atom stereocenters. The summed E-state index contributed by atoms with van der Waals surface area (Å²) in [6, 6.07) is 0. The smallest absolute Gasteiger partial charge is 0.165 e. The van der Waals surface area contributed by atoms with Crippen LogP contribution in [0.4, 0.5) is 0 Å². The van der Waals surface area contributed by atoms with E-state index in [2.05, 4.69) is 27.7 Å². The Kier molecular flexibility index (Phi) is 6.77. The summed E-state index contributed by atoms with van der Waals surface area (Å²) in [4.78, 5) is 12.6. The highest BCUT2D eigenvalue weighted by Gasteiger charge is 2.28. The van der Waals surface area contributed by atoms with Crippen LogP contribution in [-0.4, -0.2) is 5.78 Å². The van der Waals surface area contributed by atoms with Gasteiger partial charge in [-0.3, -0.25) is 4.79 Å². The van der Waals surface area contributed by atoms with Gasteiger partial charge in [0.1, 0.15) is 0 Å². The van der Waals surface area contributed by atoms with Crippen LogP contribution in [0.3, 0.4) is 0 Å². The molecule has 1 atom stereocenters. The highest BCUT2D eigenvalue weighted by Crippen LogP contribution is 2.32. The quantitative estimate of drug-likeness (QED) is 0.548. The lowest BCUT2D eigenvalue weighted by Crippen LogP contribution is -2.24. The first kappa shape index (κ1) is 16.7. The number of nitrogens with two attached hydrogens (primary N) is 1. The van der Waals surface area contributed by atoms with Crippen LogP contribution in [0.15, 0.2) is 35.1 Å². The molecule has 1 aliphatic rings. The van der Waals surface area contributed by atoms with Gasteiger partial charge in [-0.2, -0.15) is 0 Å².